The van der Waals surface area contributed by atoms with Crippen LogP contribution < -0.4 is 14.5 Å². The van der Waals surface area contributed by atoms with Gasteiger partial charge in [-0.2, -0.15) is 4.98 Å². The van der Waals surface area contributed by atoms with Crippen molar-refractivity contribution < 1.29 is 14.1 Å². The lowest BCUT2D eigenvalue weighted by molar-refractivity contribution is -0.117. The Bertz CT molecular complexity index is 1030. The SMILES string of the molecule is COc1ccc(N2CC(c3nc(-c4ccc(N(C)C)cc4)no3)CC2=O)cc1Cl. The van der Waals surface area contributed by atoms with Crippen LogP contribution in [0.15, 0.2) is 47.0 Å². The molecule has 1 amide bonds. The van der Waals surface area contributed by atoms with E-state index in [1.54, 1.807) is 24.1 Å². The molecule has 3 aromatic rings. The Morgan fingerprint density at radius 3 is 2.62 bits per heavy atom. The number of anilines is 2. The second-order valence-corrected chi connectivity index (χ2v) is 7.53. The average Bonchev–Trinajstić information content (AvgIpc) is 3.35. The van der Waals surface area contributed by atoms with Crippen molar-refractivity contribution in [3.63, 3.8) is 0 Å². The zero-order chi connectivity index (χ0) is 20.5. The molecule has 150 valence electrons. The molecule has 8 heteroatoms. The predicted octanol–water partition coefficient (Wildman–Crippen LogP) is 3.99. The average molecular weight is 413 g/mol. The third-order valence-corrected chi connectivity index (χ3v) is 5.30. The summed E-state index contributed by atoms with van der Waals surface area (Å²) in [5, 5.41) is 4.56. The number of hydrogen-bond acceptors (Lipinski definition) is 6. The molecule has 2 heterocycles. The number of benzene rings is 2. The Balaban J connectivity index is 1.52. The van der Waals surface area contributed by atoms with Gasteiger partial charge >= 0.3 is 0 Å². The summed E-state index contributed by atoms with van der Waals surface area (Å²) in [5.41, 5.74) is 2.68. The van der Waals surface area contributed by atoms with Crippen molar-refractivity contribution in [2.24, 2.45) is 0 Å². The summed E-state index contributed by atoms with van der Waals surface area (Å²) in [6.45, 7) is 0.461. The van der Waals surface area contributed by atoms with Gasteiger partial charge in [0.25, 0.3) is 0 Å². The van der Waals surface area contributed by atoms with E-state index in [4.69, 9.17) is 20.9 Å². The molecular weight excluding hydrogens is 392 g/mol. The molecule has 29 heavy (non-hydrogen) atoms. The summed E-state index contributed by atoms with van der Waals surface area (Å²) in [7, 11) is 5.53. The molecular formula is C21H21ClN4O3. The van der Waals surface area contributed by atoms with Gasteiger partial charge in [-0.15, -0.1) is 0 Å². The van der Waals surface area contributed by atoms with E-state index < -0.39 is 0 Å². The van der Waals surface area contributed by atoms with Crippen molar-refractivity contribution in [2.45, 2.75) is 12.3 Å². The number of methoxy groups -OCH3 is 1. The minimum atomic E-state index is -0.161. The van der Waals surface area contributed by atoms with Crippen molar-refractivity contribution in [3.05, 3.63) is 53.4 Å². The van der Waals surface area contributed by atoms with E-state index in [9.17, 15) is 4.79 Å². The lowest BCUT2D eigenvalue weighted by Gasteiger charge is -2.17. The third-order valence-electron chi connectivity index (χ3n) is 5.00. The minimum absolute atomic E-state index is 0.00804. The Morgan fingerprint density at radius 1 is 1.21 bits per heavy atom. The van der Waals surface area contributed by atoms with E-state index in [1.165, 1.54) is 0 Å². The van der Waals surface area contributed by atoms with Crippen LogP contribution in [0.5, 0.6) is 5.75 Å². The lowest BCUT2D eigenvalue weighted by Crippen LogP contribution is -2.24. The number of carbonyl (C=O) groups is 1. The highest BCUT2D eigenvalue weighted by Gasteiger charge is 2.35. The number of nitrogens with zero attached hydrogens (tertiary/aromatic N) is 4. The molecule has 1 unspecified atom stereocenters. The maximum absolute atomic E-state index is 12.6. The Morgan fingerprint density at radius 2 is 1.97 bits per heavy atom. The van der Waals surface area contributed by atoms with Gasteiger partial charge in [0.15, 0.2) is 0 Å². The monoisotopic (exact) mass is 412 g/mol. The molecule has 0 spiro atoms. The number of halogens is 1. The smallest absolute Gasteiger partial charge is 0.232 e. The van der Waals surface area contributed by atoms with Crippen LogP contribution in [-0.2, 0) is 4.79 Å². The van der Waals surface area contributed by atoms with Crippen LogP contribution in [0.25, 0.3) is 11.4 Å². The molecule has 0 radical (unpaired) electrons. The van der Waals surface area contributed by atoms with Crippen LogP contribution in [0.4, 0.5) is 11.4 Å². The Kier molecular flexibility index (Phi) is 5.15. The number of carbonyl (C=O) groups excluding carboxylic acids is 1. The predicted molar refractivity (Wildman–Crippen MR) is 112 cm³/mol. The van der Waals surface area contributed by atoms with E-state index in [2.05, 4.69) is 10.1 Å². The largest absolute Gasteiger partial charge is 0.495 e. The van der Waals surface area contributed by atoms with Crippen molar-refractivity contribution in [1.82, 2.24) is 10.1 Å². The maximum atomic E-state index is 12.6. The van der Waals surface area contributed by atoms with Gasteiger partial charge in [0.2, 0.25) is 17.6 Å². The summed E-state index contributed by atoms with van der Waals surface area (Å²) in [6, 6.07) is 13.2. The second kappa shape index (κ2) is 7.75. The first kappa shape index (κ1) is 19.3. The van der Waals surface area contributed by atoms with Gasteiger partial charge in [0.1, 0.15) is 5.75 Å². The van der Waals surface area contributed by atoms with E-state index in [0.29, 0.717) is 35.5 Å². The summed E-state index contributed by atoms with van der Waals surface area (Å²) in [4.78, 5) is 20.8. The van der Waals surface area contributed by atoms with Gasteiger partial charge in [-0.25, -0.2) is 0 Å². The number of hydrogen-bond donors (Lipinski definition) is 0. The first-order valence-corrected chi connectivity index (χ1v) is 9.59. The topological polar surface area (TPSA) is 71.7 Å². The highest BCUT2D eigenvalue weighted by atomic mass is 35.5. The molecule has 0 bridgehead atoms. The fraction of sp³-hybridized carbons (Fsp3) is 0.286. The van der Waals surface area contributed by atoms with Crippen molar-refractivity contribution in [3.8, 4) is 17.1 Å². The summed E-state index contributed by atoms with van der Waals surface area (Å²) in [6.07, 6.45) is 0.310. The molecule has 1 fully saturated rings. The molecule has 2 aromatic carbocycles. The zero-order valence-electron chi connectivity index (χ0n) is 16.4. The van der Waals surface area contributed by atoms with Gasteiger partial charge in [0.05, 0.1) is 18.1 Å². The first-order valence-electron chi connectivity index (χ1n) is 9.21. The molecule has 1 aromatic heterocycles. The molecule has 0 N–H and O–H groups in total. The van der Waals surface area contributed by atoms with Gasteiger partial charge in [-0.3, -0.25) is 4.79 Å². The van der Waals surface area contributed by atoms with E-state index in [1.807, 2.05) is 49.3 Å². The van der Waals surface area contributed by atoms with Crippen LogP contribution in [0.2, 0.25) is 5.02 Å². The van der Waals surface area contributed by atoms with E-state index in [0.717, 1.165) is 16.9 Å². The zero-order valence-corrected chi connectivity index (χ0v) is 17.2. The molecule has 4 rings (SSSR count). The molecule has 1 aliphatic heterocycles. The molecule has 0 aliphatic carbocycles. The van der Waals surface area contributed by atoms with Crippen LogP contribution in [-0.4, -0.2) is 43.8 Å². The summed E-state index contributed by atoms with van der Waals surface area (Å²) >= 11 is 6.20. The standard InChI is InChI=1S/C21H21ClN4O3/c1-25(2)15-6-4-13(5-7-15)20-23-21(29-24-20)14-10-19(27)26(12-14)16-8-9-18(28-3)17(22)11-16/h4-9,11,14H,10,12H2,1-3H3. The molecule has 0 saturated carbocycles. The second-order valence-electron chi connectivity index (χ2n) is 7.12. The first-order chi connectivity index (χ1) is 14.0. The fourth-order valence-electron chi connectivity index (χ4n) is 3.37. The lowest BCUT2D eigenvalue weighted by atomic mass is 10.1. The van der Waals surface area contributed by atoms with Gasteiger partial charge < -0.3 is 19.1 Å². The maximum Gasteiger partial charge on any atom is 0.232 e. The molecule has 1 saturated heterocycles. The van der Waals surface area contributed by atoms with Crippen molar-refractivity contribution >= 4 is 28.9 Å². The van der Waals surface area contributed by atoms with Crippen molar-refractivity contribution in [1.29, 1.82) is 0 Å². The minimum Gasteiger partial charge on any atom is -0.495 e. The molecule has 1 atom stereocenters. The molecule has 1 aliphatic rings. The van der Waals surface area contributed by atoms with Crippen LogP contribution >= 0.6 is 11.6 Å². The van der Waals surface area contributed by atoms with Crippen LogP contribution in [0, 0.1) is 0 Å². The van der Waals surface area contributed by atoms with Gasteiger partial charge in [0, 0.05) is 44.0 Å². The quantitative estimate of drug-likeness (QED) is 0.631. The normalized spacial score (nSPS) is 16.3. The number of aromatic nitrogens is 2. The van der Waals surface area contributed by atoms with Gasteiger partial charge in [-0.05, 0) is 42.5 Å². The number of amides is 1. The number of rotatable bonds is 5. The number of ether oxygens (including phenoxy) is 1. The Labute approximate surface area is 173 Å². The highest BCUT2D eigenvalue weighted by molar-refractivity contribution is 6.32. The van der Waals surface area contributed by atoms with Crippen molar-refractivity contribution in [2.75, 3.05) is 37.5 Å². The van der Waals surface area contributed by atoms with Crippen LogP contribution in [0.1, 0.15) is 18.2 Å². The molecule has 7 nitrogen and oxygen atoms in total. The third kappa shape index (κ3) is 3.78. The summed E-state index contributed by atoms with van der Waals surface area (Å²) < 4.78 is 10.7. The van der Waals surface area contributed by atoms with Crippen LogP contribution in [0.3, 0.4) is 0 Å². The van der Waals surface area contributed by atoms with Gasteiger partial charge in [-0.1, -0.05) is 16.8 Å². The fourth-order valence-corrected chi connectivity index (χ4v) is 3.62. The van der Waals surface area contributed by atoms with E-state index >= 15 is 0 Å². The summed E-state index contributed by atoms with van der Waals surface area (Å²) in [5.74, 6) is 1.38. The highest BCUT2D eigenvalue weighted by Crippen LogP contribution is 2.35. The Hall–Kier alpha value is -3.06. The van der Waals surface area contributed by atoms with E-state index in [-0.39, 0.29) is 11.8 Å².